The lowest BCUT2D eigenvalue weighted by atomic mass is 10.0. The number of piperazine rings is 1. The summed E-state index contributed by atoms with van der Waals surface area (Å²) in [6, 6.07) is 6.08. The standard InChI is InChI=1S/C19H32N2O3/c1-3-5-6-13-24-18-8-7-16(14-19(18)23-4-2)17(15-22)21-11-9-20-10-12-21/h7-8,14,17,20,22H,3-6,9-13,15H2,1-2H3. The highest BCUT2D eigenvalue weighted by Crippen LogP contribution is 2.32. The monoisotopic (exact) mass is 336 g/mol. The second kappa shape index (κ2) is 10.5. The summed E-state index contributed by atoms with van der Waals surface area (Å²) in [4.78, 5) is 2.32. The Bertz CT molecular complexity index is 476. The Balaban J connectivity index is 2.10. The number of ether oxygens (including phenoxy) is 2. The average molecular weight is 336 g/mol. The van der Waals surface area contributed by atoms with Gasteiger partial charge in [-0.1, -0.05) is 25.8 Å². The maximum absolute atomic E-state index is 9.89. The Morgan fingerprint density at radius 1 is 1.12 bits per heavy atom. The number of unbranched alkanes of at least 4 members (excludes halogenated alkanes) is 2. The van der Waals surface area contributed by atoms with Gasteiger partial charge in [0.05, 0.1) is 25.9 Å². The molecule has 1 aliphatic heterocycles. The van der Waals surface area contributed by atoms with Crippen LogP contribution in [0.4, 0.5) is 0 Å². The van der Waals surface area contributed by atoms with Gasteiger partial charge in [0.2, 0.25) is 0 Å². The number of hydrogen-bond acceptors (Lipinski definition) is 5. The Labute approximate surface area is 146 Å². The molecule has 1 fully saturated rings. The Morgan fingerprint density at radius 2 is 1.92 bits per heavy atom. The fourth-order valence-electron chi connectivity index (χ4n) is 3.08. The van der Waals surface area contributed by atoms with Crippen molar-refractivity contribution in [2.75, 3.05) is 46.0 Å². The molecule has 2 N–H and O–H groups in total. The van der Waals surface area contributed by atoms with Crippen LogP contribution in [-0.2, 0) is 0 Å². The van der Waals surface area contributed by atoms with Crippen LogP contribution in [0.15, 0.2) is 18.2 Å². The largest absolute Gasteiger partial charge is 0.490 e. The SMILES string of the molecule is CCCCCOc1ccc(C(CO)N2CCNCC2)cc1OCC. The van der Waals surface area contributed by atoms with Crippen molar-refractivity contribution in [3.8, 4) is 11.5 Å². The smallest absolute Gasteiger partial charge is 0.161 e. The first kappa shape index (κ1) is 19.0. The van der Waals surface area contributed by atoms with E-state index in [2.05, 4.69) is 23.2 Å². The predicted octanol–water partition coefficient (Wildman–Crippen LogP) is 2.59. The third kappa shape index (κ3) is 5.36. The van der Waals surface area contributed by atoms with Gasteiger partial charge in [0.1, 0.15) is 0 Å². The van der Waals surface area contributed by atoms with E-state index in [0.717, 1.165) is 49.7 Å². The minimum Gasteiger partial charge on any atom is -0.490 e. The van der Waals surface area contributed by atoms with Gasteiger partial charge in [-0.15, -0.1) is 0 Å². The first-order chi connectivity index (χ1) is 11.8. The molecule has 0 radical (unpaired) electrons. The number of nitrogens with zero attached hydrogens (tertiary/aromatic N) is 1. The summed E-state index contributed by atoms with van der Waals surface area (Å²) in [5.41, 5.74) is 1.09. The van der Waals surface area contributed by atoms with E-state index >= 15 is 0 Å². The zero-order valence-corrected chi connectivity index (χ0v) is 15.1. The number of aliphatic hydroxyl groups is 1. The zero-order valence-electron chi connectivity index (χ0n) is 15.1. The van der Waals surface area contributed by atoms with E-state index in [-0.39, 0.29) is 12.6 Å². The van der Waals surface area contributed by atoms with Gasteiger partial charge in [0.25, 0.3) is 0 Å². The van der Waals surface area contributed by atoms with Crippen molar-refractivity contribution in [2.45, 2.75) is 39.2 Å². The lowest BCUT2D eigenvalue weighted by Gasteiger charge is -2.34. The Kier molecular flexibility index (Phi) is 8.36. The molecule has 24 heavy (non-hydrogen) atoms. The van der Waals surface area contributed by atoms with E-state index in [0.29, 0.717) is 13.2 Å². The molecule has 2 rings (SSSR count). The van der Waals surface area contributed by atoms with Gasteiger partial charge in [-0.3, -0.25) is 4.90 Å². The summed E-state index contributed by atoms with van der Waals surface area (Å²) in [5, 5.41) is 13.2. The molecule has 1 atom stereocenters. The highest BCUT2D eigenvalue weighted by atomic mass is 16.5. The van der Waals surface area contributed by atoms with Gasteiger partial charge in [0.15, 0.2) is 11.5 Å². The molecule has 1 aromatic rings. The van der Waals surface area contributed by atoms with Crippen molar-refractivity contribution in [1.29, 1.82) is 0 Å². The van der Waals surface area contributed by atoms with E-state index in [1.54, 1.807) is 0 Å². The van der Waals surface area contributed by atoms with E-state index < -0.39 is 0 Å². The summed E-state index contributed by atoms with van der Waals surface area (Å²) in [6.07, 6.45) is 3.42. The molecule has 1 aliphatic rings. The maximum atomic E-state index is 9.89. The van der Waals surface area contributed by atoms with Gasteiger partial charge in [-0.05, 0) is 31.0 Å². The number of aliphatic hydroxyl groups excluding tert-OH is 1. The van der Waals surface area contributed by atoms with Crippen molar-refractivity contribution in [2.24, 2.45) is 0 Å². The van der Waals surface area contributed by atoms with Crippen molar-refractivity contribution < 1.29 is 14.6 Å². The summed E-state index contributed by atoms with van der Waals surface area (Å²) in [6.45, 7) is 9.43. The summed E-state index contributed by atoms with van der Waals surface area (Å²) in [5.74, 6) is 1.58. The molecule has 0 bridgehead atoms. The highest BCUT2D eigenvalue weighted by molar-refractivity contribution is 5.44. The molecule has 0 aromatic heterocycles. The molecule has 136 valence electrons. The third-order valence-corrected chi connectivity index (χ3v) is 4.42. The van der Waals surface area contributed by atoms with Crippen LogP contribution in [0, 0.1) is 0 Å². The highest BCUT2D eigenvalue weighted by Gasteiger charge is 2.22. The Morgan fingerprint density at radius 3 is 2.58 bits per heavy atom. The topological polar surface area (TPSA) is 54.0 Å². The second-order valence-corrected chi connectivity index (χ2v) is 6.18. The number of nitrogens with one attached hydrogen (secondary N) is 1. The molecule has 1 unspecified atom stereocenters. The van der Waals surface area contributed by atoms with Gasteiger partial charge >= 0.3 is 0 Å². The van der Waals surface area contributed by atoms with Crippen LogP contribution in [-0.4, -0.2) is 56.0 Å². The van der Waals surface area contributed by atoms with Crippen LogP contribution in [0.25, 0.3) is 0 Å². The number of benzene rings is 1. The molecule has 5 heteroatoms. The van der Waals surface area contributed by atoms with Gasteiger partial charge in [-0.25, -0.2) is 0 Å². The zero-order chi connectivity index (χ0) is 17.2. The molecule has 0 spiro atoms. The Hall–Kier alpha value is -1.30. The molecule has 0 aliphatic carbocycles. The summed E-state index contributed by atoms with van der Waals surface area (Å²) in [7, 11) is 0. The predicted molar refractivity (Wildman–Crippen MR) is 96.9 cm³/mol. The van der Waals surface area contributed by atoms with Crippen LogP contribution >= 0.6 is 0 Å². The van der Waals surface area contributed by atoms with Crippen LogP contribution in [0.5, 0.6) is 11.5 Å². The molecular weight excluding hydrogens is 304 g/mol. The van der Waals surface area contributed by atoms with Gasteiger partial charge < -0.3 is 19.9 Å². The summed E-state index contributed by atoms with van der Waals surface area (Å²) >= 11 is 0. The van der Waals surface area contributed by atoms with Crippen LogP contribution < -0.4 is 14.8 Å². The van der Waals surface area contributed by atoms with E-state index in [1.807, 2.05) is 19.1 Å². The molecule has 5 nitrogen and oxygen atoms in total. The molecule has 1 aromatic carbocycles. The van der Waals surface area contributed by atoms with Crippen molar-refractivity contribution in [3.63, 3.8) is 0 Å². The van der Waals surface area contributed by atoms with Crippen LogP contribution in [0.3, 0.4) is 0 Å². The van der Waals surface area contributed by atoms with E-state index in [9.17, 15) is 5.11 Å². The lowest BCUT2D eigenvalue weighted by Crippen LogP contribution is -2.46. The third-order valence-electron chi connectivity index (χ3n) is 4.42. The van der Waals surface area contributed by atoms with E-state index in [1.165, 1.54) is 12.8 Å². The van der Waals surface area contributed by atoms with Crippen LogP contribution in [0.1, 0.15) is 44.7 Å². The van der Waals surface area contributed by atoms with Crippen molar-refractivity contribution in [1.82, 2.24) is 10.2 Å². The normalized spacial score (nSPS) is 16.8. The maximum Gasteiger partial charge on any atom is 0.161 e. The molecule has 1 saturated heterocycles. The minimum atomic E-state index is 0.0143. The van der Waals surface area contributed by atoms with Crippen molar-refractivity contribution in [3.05, 3.63) is 23.8 Å². The first-order valence-electron chi connectivity index (χ1n) is 9.25. The molecule has 1 heterocycles. The minimum absolute atomic E-state index is 0.0143. The molecular formula is C19H32N2O3. The summed E-state index contributed by atoms with van der Waals surface area (Å²) < 4.78 is 11.7. The lowest BCUT2D eigenvalue weighted by molar-refractivity contribution is 0.110. The fraction of sp³-hybridized carbons (Fsp3) is 0.684. The van der Waals surface area contributed by atoms with Crippen LogP contribution in [0.2, 0.25) is 0 Å². The number of rotatable bonds is 10. The fourth-order valence-corrected chi connectivity index (χ4v) is 3.08. The average Bonchev–Trinajstić information content (AvgIpc) is 2.62. The first-order valence-corrected chi connectivity index (χ1v) is 9.25. The van der Waals surface area contributed by atoms with Gasteiger partial charge in [-0.2, -0.15) is 0 Å². The second-order valence-electron chi connectivity index (χ2n) is 6.18. The van der Waals surface area contributed by atoms with E-state index in [4.69, 9.17) is 9.47 Å². The quantitative estimate of drug-likeness (QED) is 0.643. The molecule has 0 saturated carbocycles. The number of hydrogen-bond donors (Lipinski definition) is 2. The van der Waals surface area contributed by atoms with Gasteiger partial charge in [0, 0.05) is 26.2 Å². The van der Waals surface area contributed by atoms with Crippen molar-refractivity contribution >= 4 is 0 Å². The molecule has 0 amide bonds.